The van der Waals surface area contributed by atoms with Crippen molar-refractivity contribution in [1.29, 1.82) is 0 Å². The minimum atomic E-state index is -0.187. The molecule has 1 saturated heterocycles. The van der Waals surface area contributed by atoms with Gasteiger partial charge in [0, 0.05) is 24.7 Å². The molecule has 2 amide bonds. The molecule has 7 heteroatoms. The summed E-state index contributed by atoms with van der Waals surface area (Å²) < 4.78 is 7.28. The Hall–Kier alpha value is -2.67. The van der Waals surface area contributed by atoms with Gasteiger partial charge < -0.3 is 15.0 Å². The number of anilines is 1. The van der Waals surface area contributed by atoms with Crippen LogP contribution in [0.2, 0.25) is 0 Å². The van der Waals surface area contributed by atoms with Gasteiger partial charge in [-0.2, -0.15) is 5.10 Å². The zero-order valence-electron chi connectivity index (χ0n) is 15.0. The third kappa shape index (κ3) is 2.92. The quantitative estimate of drug-likeness (QED) is 0.898. The van der Waals surface area contributed by atoms with Crippen molar-refractivity contribution in [2.24, 2.45) is 17.8 Å². The number of hydrogen-bond donors (Lipinski definition) is 1. The van der Waals surface area contributed by atoms with Crippen molar-refractivity contribution in [3.63, 3.8) is 0 Å². The van der Waals surface area contributed by atoms with E-state index in [9.17, 15) is 9.59 Å². The molecule has 5 rings (SSSR count). The van der Waals surface area contributed by atoms with Crippen LogP contribution < -0.4 is 5.32 Å². The molecule has 2 fully saturated rings. The molecule has 1 saturated carbocycles. The second-order valence-electron chi connectivity index (χ2n) is 7.55. The van der Waals surface area contributed by atoms with E-state index in [-0.39, 0.29) is 17.7 Å². The molecule has 3 aliphatic rings. The second kappa shape index (κ2) is 6.49. The third-order valence-electron chi connectivity index (χ3n) is 5.91. The van der Waals surface area contributed by atoms with E-state index in [1.165, 1.54) is 0 Å². The second-order valence-corrected chi connectivity index (χ2v) is 7.55. The highest BCUT2D eigenvalue weighted by Crippen LogP contribution is 2.51. The van der Waals surface area contributed by atoms with Crippen LogP contribution in [-0.4, -0.2) is 46.3 Å². The van der Waals surface area contributed by atoms with Crippen LogP contribution in [0.15, 0.2) is 36.5 Å². The molecule has 27 heavy (non-hydrogen) atoms. The van der Waals surface area contributed by atoms with Gasteiger partial charge in [0.05, 0.1) is 37.2 Å². The highest BCUT2D eigenvalue weighted by Gasteiger charge is 2.59. The summed E-state index contributed by atoms with van der Waals surface area (Å²) in [7, 11) is 0. The van der Waals surface area contributed by atoms with Crippen LogP contribution in [0.5, 0.6) is 0 Å². The summed E-state index contributed by atoms with van der Waals surface area (Å²) in [6.45, 7) is 3.28. The largest absolute Gasteiger partial charge is 0.381 e. The smallest absolute Gasteiger partial charge is 0.259 e. The minimum absolute atomic E-state index is 0.106. The summed E-state index contributed by atoms with van der Waals surface area (Å²) in [5, 5.41) is 7.30. The van der Waals surface area contributed by atoms with E-state index >= 15 is 0 Å². The Morgan fingerprint density at radius 1 is 1.11 bits per heavy atom. The lowest BCUT2D eigenvalue weighted by Crippen LogP contribution is -2.34. The number of aromatic nitrogens is 2. The number of aryl methyl sites for hydroxylation is 1. The predicted octanol–water partition coefficient (Wildman–Crippen LogP) is 1.76. The number of amides is 2. The highest BCUT2D eigenvalue weighted by atomic mass is 16.5. The molecule has 2 aliphatic heterocycles. The molecular weight excluding hydrogens is 344 g/mol. The Morgan fingerprint density at radius 2 is 1.89 bits per heavy atom. The zero-order chi connectivity index (χ0) is 18.4. The normalized spacial score (nSPS) is 26.1. The lowest BCUT2D eigenvalue weighted by atomic mass is 10.2. The van der Waals surface area contributed by atoms with Crippen LogP contribution in [0, 0.1) is 17.8 Å². The van der Waals surface area contributed by atoms with Gasteiger partial charge in [-0.25, -0.2) is 0 Å². The van der Waals surface area contributed by atoms with Gasteiger partial charge in [-0.05, 0) is 30.4 Å². The van der Waals surface area contributed by atoms with E-state index in [1.54, 1.807) is 6.20 Å². The number of hydrogen-bond acceptors (Lipinski definition) is 4. The molecule has 1 N–H and O–H groups in total. The summed E-state index contributed by atoms with van der Waals surface area (Å²) in [6, 6.07) is 9.37. The average Bonchev–Trinajstić information content (AvgIpc) is 3.00. The number of carbonyl (C=O) groups is 2. The van der Waals surface area contributed by atoms with Crippen LogP contribution in [0.4, 0.5) is 5.69 Å². The summed E-state index contributed by atoms with van der Waals surface area (Å²) in [5.74, 6) is 0.915. The monoisotopic (exact) mass is 366 g/mol. The molecular formula is C20H22N4O3. The van der Waals surface area contributed by atoms with E-state index in [2.05, 4.69) is 10.4 Å². The van der Waals surface area contributed by atoms with Gasteiger partial charge in [0.1, 0.15) is 0 Å². The Balaban J connectivity index is 1.35. The Morgan fingerprint density at radius 3 is 2.67 bits per heavy atom. The van der Waals surface area contributed by atoms with Gasteiger partial charge >= 0.3 is 0 Å². The number of fused-ring (bicyclic) bond motifs is 2. The van der Waals surface area contributed by atoms with Crippen molar-refractivity contribution in [3.05, 3.63) is 47.8 Å². The molecule has 1 aromatic carbocycles. The summed E-state index contributed by atoms with van der Waals surface area (Å²) in [6.07, 6.45) is 2.46. The number of ether oxygens (including phenoxy) is 1. The van der Waals surface area contributed by atoms with E-state index in [1.807, 2.05) is 39.9 Å². The zero-order valence-corrected chi connectivity index (χ0v) is 15.0. The molecule has 0 radical (unpaired) electrons. The standard InChI is InChI=1S/C20H22N4O3/c25-19(22-13-5-2-1-3-6-13)14-9-21-24-8-4-7-23(10-17(14)24)20(26)18-15-11-27-12-16(15)18/h1-3,5-6,9,15-16,18H,4,7-8,10-12H2,(H,22,25)/t15-,16+,18?. The van der Waals surface area contributed by atoms with Gasteiger partial charge in [0.2, 0.25) is 5.91 Å². The van der Waals surface area contributed by atoms with Crippen LogP contribution >= 0.6 is 0 Å². The molecule has 140 valence electrons. The molecule has 0 bridgehead atoms. The van der Waals surface area contributed by atoms with E-state index in [0.29, 0.717) is 43.7 Å². The van der Waals surface area contributed by atoms with Gasteiger partial charge in [-0.1, -0.05) is 18.2 Å². The molecule has 3 atom stereocenters. The van der Waals surface area contributed by atoms with Crippen LogP contribution in [0.1, 0.15) is 22.5 Å². The van der Waals surface area contributed by atoms with E-state index in [0.717, 1.165) is 24.3 Å². The SMILES string of the molecule is O=C(Nc1ccccc1)c1cnn2c1CN(C(=O)C1[C@H]3COC[C@@H]13)CCC2. The van der Waals surface area contributed by atoms with Crippen LogP contribution in [0.25, 0.3) is 0 Å². The van der Waals surface area contributed by atoms with Gasteiger partial charge in [0.25, 0.3) is 5.91 Å². The fourth-order valence-electron chi connectivity index (χ4n) is 4.36. The fraction of sp³-hybridized carbons (Fsp3) is 0.450. The first kappa shape index (κ1) is 16.5. The summed E-state index contributed by atoms with van der Waals surface area (Å²) in [4.78, 5) is 27.6. The van der Waals surface area contributed by atoms with Crippen molar-refractivity contribution >= 4 is 17.5 Å². The molecule has 0 spiro atoms. The maximum atomic E-state index is 13.0. The number of nitrogens with zero attached hydrogens (tertiary/aromatic N) is 3. The Labute approximate surface area is 157 Å². The van der Waals surface area contributed by atoms with Crippen molar-refractivity contribution in [3.8, 4) is 0 Å². The minimum Gasteiger partial charge on any atom is -0.381 e. The summed E-state index contributed by atoms with van der Waals surface area (Å²) in [5.41, 5.74) is 2.10. The number of para-hydroxylation sites is 1. The Kier molecular flexibility index (Phi) is 3.97. The number of carbonyl (C=O) groups excluding carboxylic acids is 2. The first-order valence-corrected chi connectivity index (χ1v) is 9.50. The van der Waals surface area contributed by atoms with Crippen molar-refractivity contribution in [2.45, 2.75) is 19.5 Å². The van der Waals surface area contributed by atoms with Crippen molar-refractivity contribution < 1.29 is 14.3 Å². The number of rotatable bonds is 3. The molecule has 2 aromatic rings. The third-order valence-corrected chi connectivity index (χ3v) is 5.91. The first-order chi connectivity index (χ1) is 13.2. The lowest BCUT2D eigenvalue weighted by Gasteiger charge is -2.21. The molecule has 1 aliphatic carbocycles. The summed E-state index contributed by atoms with van der Waals surface area (Å²) >= 11 is 0. The molecule has 3 heterocycles. The lowest BCUT2D eigenvalue weighted by molar-refractivity contribution is -0.134. The maximum absolute atomic E-state index is 13.0. The van der Waals surface area contributed by atoms with Gasteiger partial charge in [-0.15, -0.1) is 0 Å². The molecule has 7 nitrogen and oxygen atoms in total. The Bertz CT molecular complexity index is 869. The van der Waals surface area contributed by atoms with Crippen LogP contribution in [0.3, 0.4) is 0 Å². The van der Waals surface area contributed by atoms with E-state index in [4.69, 9.17) is 4.74 Å². The van der Waals surface area contributed by atoms with E-state index < -0.39 is 0 Å². The van der Waals surface area contributed by atoms with Gasteiger partial charge in [-0.3, -0.25) is 14.3 Å². The fourth-order valence-corrected chi connectivity index (χ4v) is 4.36. The first-order valence-electron chi connectivity index (χ1n) is 9.50. The predicted molar refractivity (Wildman–Crippen MR) is 97.9 cm³/mol. The van der Waals surface area contributed by atoms with Gasteiger partial charge in [0.15, 0.2) is 0 Å². The van der Waals surface area contributed by atoms with Crippen LogP contribution in [-0.2, 0) is 22.6 Å². The maximum Gasteiger partial charge on any atom is 0.259 e. The topological polar surface area (TPSA) is 76.5 Å². The highest BCUT2D eigenvalue weighted by molar-refractivity contribution is 6.05. The van der Waals surface area contributed by atoms with Crippen molar-refractivity contribution in [2.75, 3.05) is 25.1 Å². The van der Waals surface area contributed by atoms with Crippen molar-refractivity contribution in [1.82, 2.24) is 14.7 Å². The number of nitrogens with one attached hydrogen (secondary N) is 1. The number of benzene rings is 1. The molecule has 1 aromatic heterocycles. The molecule has 1 unspecified atom stereocenters. The average molecular weight is 366 g/mol.